The number of fused-ring (bicyclic) bond motifs is 2. The molecule has 0 radical (unpaired) electrons. The van der Waals surface area contributed by atoms with Crippen molar-refractivity contribution in [3.63, 3.8) is 0 Å². The molecule has 2 heterocycles. The summed E-state index contributed by atoms with van der Waals surface area (Å²) in [6, 6.07) is 5.75. The second-order valence-electron chi connectivity index (χ2n) is 5.94. The Kier molecular flexibility index (Phi) is 6.03. The Morgan fingerprint density at radius 3 is 3.04 bits per heavy atom. The molecule has 0 aromatic heterocycles. The summed E-state index contributed by atoms with van der Waals surface area (Å²) in [5.41, 5.74) is 2.63. The topological polar surface area (TPSA) is 56.8 Å². The number of carbonyl (C=O) groups is 1. The molecule has 5 nitrogen and oxygen atoms in total. The van der Waals surface area contributed by atoms with E-state index < -0.39 is 0 Å². The number of rotatable bonds is 3. The van der Waals surface area contributed by atoms with Crippen LogP contribution in [0.4, 0.5) is 0 Å². The van der Waals surface area contributed by atoms with Crippen molar-refractivity contribution in [2.75, 3.05) is 26.9 Å². The van der Waals surface area contributed by atoms with Gasteiger partial charge in [0.2, 0.25) is 0 Å². The zero-order valence-corrected chi connectivity index (χ0v) is 14.4. The predicted molar refractivity (Wildman–Crippen MR) is 89.0 cm³/mol. The average Bonchev–Trinajstić information content (AvgIpc) is 2.54. The lowest BCUT2D eigenvalue weighted by Crippen LogP contribution is -2.55. The second kappa shape index (κ2) is 7.62. The predicted octanol–water partition coefficient (Wildman–Crippen LogP) is 2.41. The third kappa shape index (κ3) is 3.53. The van der Waals surface area contributed by atoms with Crippen LogP contribution in [-0.2, 0) is 26.4 Å². The first-order valence-corrected chi connectivity index (χ1v) is 7.84. The zero-order valence-electron chi connectivity index (χ0n) is 13.6. The summed E-state index contributed by atoms with van der Waals surface area (Å²) in [5, 5.41) is 3.62. The van der Waals surface area contributed by atoms with Crippen LogP contribution in [-0.4, -0.2) is 38.9 Å². The molecule has 1 fully saturated rings. The Morgan fingerprint density at radius 1 is 1.48 bits per heavy atom. The summed E-state index contributed by atoms with van der Waals surface area (Å²) in [4.78, 5) is 11.7. The highest BCUT2D eigenvalue weighted by Crippen LogP contribution is 2.38. The molecule has 0 amide bonds. The summed E-state index contributed by atoms with van der Waals surface area (Å²) in [6.07, 6.45) is 2.16. The van der Waals surface area contributed by atoms with Crippen LogP contribution in [0.3, 0.4) is 0 Å². The maximum atomic E-state index is 11.7. The molecule has 1 N–H and O–H groups in total. The van der Waals surface area contributed by atoms with Gasteiger partial charge in [0, 0.05) is 6.61 Å². The van der Waals surface area contributed by atoms with Crippen LogP contribution in [0.5, 0.6) is 0 Å². The number of ether oxygens (including phenoxy) is 3. The first kappa shape index (κ1) is 18.2. The van der Waals surface area contributed by atoms with Crippen LogP contribution in [0, 0.1) is 0 Å². The van der Waals surface area contributed by atoms with Gasteiger partial charge in [0.25, 0.3) is 0 Å². The van der Waals surface area contributed by atoms with E-state index in [0.29, 0.717) is 18.8 Å². The molecular weight excluding hydrogens is 318 g/mol. The second-order valence-corrected chi connectivity index (χ2v) is 5.94. The molecule has 0 bridgehead atoms. The van der Waals surface area contributed by atoms with Crippen molar-refractivity contribution >= 4 is 18.4 Å². The van der Waals surface area contributed by atoms with E-state index >= 15 is 0 Å². The Hall–Kier alpha value is -1.14. The molecule has 128 valence electrons. The van der Waals surface area contributed by atoms with Crippen LogP contribution in [0.2, 0.25) is 0 Å². The van der Waals surface area contributed by atoms with Crippen molar-refractivity contribution in [1.29, 1.82) is 0 Å². The number of halogens is 1. The molecule has 0 saturated carbocycles. The minimum Gasteiger partial charge on any atom is -0.465 e. The van der Waals surface area contributed by atoms with E-state index in [0.717, 1.165) is 31.6 Å². The number of nitrogens with one attached hydrogen (secondary N) is 1. The third-order valence-corrected chi connectivity index (χ3v) is 4.56. The quantitative estimate of drug-likeness (QED) is 0.856. The Labute approximate surface area is 143 Å². The van der Waals surface area contributed by atoms with Crippen LogP contribution < -0.4 is 5.32 Å². The van der Waals surface area contributed by atoms with Gasteiger partial charge in [-0.1, -0.05) is 6.07 Å². The highest BCUT2D eigenvalue weighted by Gasteiger charge is 2.42. The monoisotopic (exact) mass is 341 g/mol. The molecule has 1 aromatic carbocycles. The summed E-state index contributed by atoms with van der Waals surface area (Å²) in [7, 11) is 1.40. The minimum atomic E-state index is -0.314. The first-order chi connectivity index (χ1) is 10.7. The maximum absolute atomic E-state index is 11.7. The first-order valence-electron chi connectivity index (χ1n) is 7.84. The van der Waals surface area contributed by atoms with E-state index in [1.165, 1.54) is 12.7 Å². The number of esters is 1. The fourth-order valence-electron chi connectivity index (χ4n) is 3.57. The molecule has 2 unspecified atom stereocenters. The summed E-state index contributed by atoms with van der Waals surface area (Å²) in [6.45, 7) is 4.84. The molecule has 1 saturated heterocycles. The number of benzene rings is 1. The van der Waals surface area contributed by atoms with Crippen molar-refractivity contribution in [2.24, 2.45) is 0 Å². The van der Waals surface area contributed by atoms with E-state index in [4.69, 9.17) is 14.2 Å². The van der Waals surface area contributed by atoms with Crippen LogP contribution >= 0.6 is 12.4 Å². The van der Waals surface area contributed by atoms with Crippen molar-refractivity contribution < 1.29 is 19.0 Å². The molecule has 2 aliphatic heterocycles. The molecule has 23 heavy (non-hydrogen) atoms. The van der Waals surface area contributed by atoms with Crippen molar-refractivity contribution in [2.45, 2.75) is 38.0 Å². The standard InChI is InChI=1S/C17H23NO4.ClH/c1-3-22-14-6-7-18-17(9-14)11-21-10-13-8-12(16(19)20-2)4-5-15(13)17;/h4-5,8,14,18H,3,6-7,9-11H2,1-2H3;1H. The van der Waals surface area contributed by atoms with Crippen molar-refractivity contribution in [3.8, 4) is 0 Å². The molecule has 0 aliphatic carbocycles. The van der Waals surface area contributed by atoms with E-state index in [1.54, 1.807) is 0 Å². The van der Waals surface area contributed by atoms with Gasteiger partial charge in [-0.3, -0.25) is 0 Å². The molecular formula is C17H24ClNO4. The van der Waals surface area contributed by atoms with Gasteiger partial charge in [-0.05, 0) is 49.6 Å². The summed E-state index contributed by atoms with van der Waals surface area (Å²) < 4.78 is 16.4. The minimum absolute atomic E-state index is 0. The van der Waals surface area contributed by atoms with E-state index in [2.05, 4.69) is 5.32 Å². The molecule has 2 atom stereocenters. The average molecular weight is 342 g/mol. The van der Waals surface area contributed by atoms with Crippen molar-refractivity contribution in [1.82, 2.24) is 5.32 Å². The van der Waals surface area contributed by atoms with Gasteiger partial charge in [-0.25, -0.2) is 4.79 Å². The van der Waals surface area contributed by atoms with Crippen LogP contribution in [0.25, 0.3) is 0 Å². The van der Waals surface area contributed by atoms with Gasteiger partial charge in [0.1, 0.15) is 0 Å². The Balaban J connectivity index is 0.00000192. The molecule has 1 aromatic rings. The van der Waals surface area contributed by atoms with E-state index in [1.807, 2.05) is 25.1 Å². The highest BCUT2D eigenvalue weighted by atomic mass is 35.5. The van der Waals surface area contributed by atoms with Gasteiger partial charge < -0.3 is 19.5 Å². The largest absolute Gasteiger partial charge is 0.465 e. The fraction of sp³-hybridized carbons (Fsp3) is 0.588. The van der Waals surface area contributed by atoms with Gasteiger partial charge in [-0.2, -0.15) is 0 Å². The Bertz CT molecular complexity index is 564. The number of methoxy groups -OCH3 is 1. The van der Waals surface area contributed by atoms with Crippen molar-refractivity contribution in [3.05, 3.63) is 34.9 Å². The van der Waals surface area contributed by atoms with Gasteiger partial charge in [0.05, 0.1) is 37.5 Å². The molecule has 3 rings (SSSR count). The van der Waals surface area contributed by atoms with Crippen LogP contribution in [0.15, 0.2) is 18.2 Å². The molecule has 1 spiro atoms. The fourth-order valence-corrected chi connectivity index (χ4v) is 3.57. The number of piperidine rings is 1. The van der Waals surface area contributed by atoms with E-state index in [-0.39, 0.29) is 30.0 Å². The van der Waals surface area contributed by atoms with Gasteiger partial charge >= 0.3 is 5.97 Å². The van der Waals surface area contributed by atoms with Gasteiger partial charge in [0.15, 0.2) is 0 Å². The lowest BCUT2D eigenvalue weighted by atomic mass is 9.78. The lowest BCUT2D eigenvalue weighted by molar-refractivity contribution is -0.0368. The highest BCUT2D eigenvalue weighted by molar-refractivity contribution is 5.89. The summed E-state index contributed by atoms with van der Waals surface area (Å²) >= 11 is 0. The van der Waals surface area contributed by atoms with Gasteiger partial charge in [-0.15, -0.1) is 12.4 Å². The smallest absolute Gasteiger partial charge is 0.337 e. The number of hydrogen-bond donors (Lipinski definition) is 1. The van der Waals surface area contributed by atoms with E-state index in [9.17, 15) is 4.79 Å². The van der Waals surface area contributed by atoms with Crippen LogP contribution in [0.1, 0.15) is 41.3 Å². The zero-order chi connectivity index (χ0) is 15.6. The maximum Gasteiger partial charge on any atom is 0.337 e. The SMILES string of the molecule is CCOC1CCNC2(COCc3cc(C(=O)OC)ccc32)C1.Cl. The molecule has 2 aliphatic rings. The Morgan fingerprint density at radius 2 is 2.30 bits per heavy atom. The molecule has 6 heteroatoms. The summed E-state index contributed by atoms with van der Waals surface area (Å²) in [5.74, 6) is -0.314. The number of carbonyl (C=O) groups excluding carboxylic acids is 1. The normalized spacial score (nSPS) is 26.3. The third-order valence-electron chi connectivity index (χ3n) is 4.56. The lowest BCUT2D eigenvalue weighted by Gasteiger charge is -2.45. The number of hydrogen-bond acceptors (Lipinski definition) is 5.